The Morgan fingerprint density at radius 2 is 1.79 bits per heavy atom. The van der Waals surface area contributed by atoms with E-state index in [1.54, 1.807) is 13.1 Å². The molecule has 9 heteroatoms. The summed E-state index contributed by atoms with van der Waals surface area (Å²) in [6.07, 6.45) is 4.90. The summed E-state index contributed by atoms with van der Waals surface area (Å²) in [5.74, 6) is 1.63. The molecule has 0 radical (unpaired) electrons. The average molecular weight is 471 g/mol. The predicted octanol–water partition coefficient (Wildman–Crippen LogP) is 1.84. The minimum atomic E-state index is -0.250. The molecule has 34 heavy (non-hydrogen) atoms. The molecule has 2 aromatic rings. The average Bonchev–Trinajstić information content (AvgIpc) is 3.56. The van der Waals surface area contributed by atoms with E-state index in [0.29, 0.717) is 34.3 Å². The smallest absolute Gasteiger partial charge is 0.290 e. The summed E-state index contributed by atoms with van der Waals surface area (Å²) in [4.78, 5) is 38.5. The fourth-order valence-corrected chi connectivity index (χ4v) is 5.43. The molecule has 1 aliphatic heterocycles. The SMILES string of the molecule is CN(C)[C@@H]1C[C@@H]2CN(C(=O)c3nn(C)c(=O)c4ccccc34)C[C@@H]2C[C@H]1OCC1CC1.O=CO. The molecule has 4 atom stereocenters. The van der Waals surface area contributed by atoms with E-state index in [0.717, 1.165) is 38.5 Å². The highest BCUT2D eigenvalue weighted by molar-refractivity contribution is 6.04. The van der Waals surface area contributed by atoms with Gasteiger partial charge < -0.3 is 19.6 Å². The molecule has 9 nitrogen and oxygen atoms in total. The summed E-state index contributed by atoms with van der Waals surface area (Å²) in [7, 11) is 5.88. The molecule has 1 aromatic heterocycles. The summed E-state index contributed by atoms with van der Waals surface area (Å²) in [6, 6.07) is 7.67. The molecule has 0 bridgehead atoms. The van der Waals surface area contributed by atoms with Gasteiger partial charge in [-0.05, 0) is 63.6 Å². The van der Waals surface area contributed by atoms with Gasteiger partial charge in [-0.15, -0.1) is 0 Å². The normalized spacial score (nSPS) is 26.2. The second kappa shape index (κ2) is 10.2. The number of ether oxygens (including phenoxy) is 1. The largest absolute Gasteiger partial charge is 0.483 e. The number of carbonyl (C=O) groups is 2. The minimum absolute atomic E-state index is 0.0712. The Labute approximate surface area is 199 Å². The Balaban J connectivity index is 0.000000868. The maximum absolute atomic E-state index is 13.5. The van der Waals surface area contributed by atoms with Crippen LogP contribution in [-0.4, -0.2) is 83.0 Å². The van der Waals surface area contributed by atoms with Crippen molar-refractivity contribution in [1.29, 1.82) is 0 Å². The van der Waals surface area contributed by atoms with Crippen molar-refractivity contribution < 1.29 is 19.4 Å². The highest BCUT2D eigenvalue weighted by Crippen LogP contribution is 2.40. The number of fused-ring (bicyclic) bond motifs is 2. The summed E-state index contributed by atoms with van der Waals surface area (Å²) in [5.41, 5.74) is 0.203. The molecule has 3 fully saturated rings. The number of likely N-dealkylation sites (tertiary alicyclic amines) is 1. The van der Waals surface area contributed by atoms with Gasteiger partial charge in [-0.2, -0.15) is 5.10 Å². The van der Waals surface area contributed by atoms with Crippen molar-refractivity contribution in [3.63, 3.8) is 0 Å². The van der Waals surface area contributed by atoms with Crippen molar-refractivity contribution in [3.8, 4) is 0 Å². The quantitative estimate of drug-likeness (QED) is 0.665. The zero-order valence-electron chi connectivity index (χ0n) is 20.1. The number of rotatable bonds is 5. The molecule has 0 spiro atoms. The van der Waals surface area contributed by atoms with Gasteiger partial charge in [0.2, 0.25) is 0 Å². The van der Waals surface area contributed by atoms with E-state index >= 15 is 0 Å². The third-order valence-corrected chi connectivity index (χ3v) is 7.44. The number of benzene rings is 1. The lowest BCUT2D eigenvalue weighted by atomic mass is 9.77. The van der Waals surface area contributed by atoms with Crippen molar-refractivity contribution in [1.82, 2.24) is 19.6 Å². The van der Waals surface area contributed by atoms with Crippen molar-refractivity contribution in [3.05, 3.63) is 40.3 Å². The van der Waals surface area contributed by atoms with Gasteiger partial charge in [0.15, 0.2) is 5.69 Å². The minimum Gasteiger partial charge on any atom is -0.483 e. The number of carboxylic acid groups (broad SMARTS) is 1. The predicted molar refractivity (Wildman–Crippen MR) is 128 cm³/mol. The van der Waals surface area contributed by atoms with Crippen LogP contribution < -0.4 is 5.56 Å². The molecule has 1 N–H and O–H groups in total. The molecule has 2 saturated carbocycles. The topological polar surface area (TPSA) is 105 Å². The molecule has 0 unspecified atom stereocenters. The van der Waals surface area contributed by atoms with E-state index < -0.39 is 0 Å². The third-order valence-electron chi connectivity index (χ3n) is 7.44. The van der Waals surface area contributed by atoms with Crippen LogP contribution in [-0.2, 0) is 16.6 Å². The summed E-state index contributed by atoms with van der Waals surface area (Å²) in [5, 5.41) is 12.4. The van der Waals surface area contributed by atoms with Crippen LogP contribution in [0, 0.1) is 17.8 Å². The van der Waals surface area contributed by atoms with Gasteiger partial charge in [0.25, 0.3) is 17.9 Å². The number of likely N-dealkylation sites (N-methyl/N-ethyl adjacent to an activating group) is 1. The van der Waals surface area contributed by atoms with Crippen LogP contribution in [0.15, 0.2) is 29.1 Å². The van der Waals surface area contributed by atoms with Crippen molar-refractivity contribution in [2.75, 3.05) is 33.8 Å². The Bertz CT molecular complexity index is 1100. The molecule has 3 aliphatic rings. The lowest BCUT2D eigenvalue weighted by Crippen LogP contribution is -2.48. The molecule has 1 aromatic carbocycles. The monoisotopic (exact) mass is 470 g/mol. The lowest BCUT2D eigenvalue weighted by molar-refractivity contribution is -0.122. The zero-order valence-corrected chi connectivity index (χ0v) is 20.1. The molecule has 2 aliphatic carbocycles. The fraction of sp³-hybridized carbons (Fsp3) is 0.600. The first-order chi connectivity index (χ1) is 16.3. The van der Waals surface area contributed by atoms with Crippen LogP contribution in [0.5, 0.6) is 0 Å². The molecule has 1 amide bonds. The number of aryl methyl sites for hydroxylation is 1. The second-order valence-electron chi connectivity index (χ2n) is 9.98. The summed E-state index contributed by atoms with van der Waals surface area (Å²) < 4.78 is 7.64. The first-order valence-corrected chi connectivity index (χ1v) is 11.9. The maximum Gasteiger partial charge on any atom is 0.290 e. The molecule has 1 saturated heterocycles. The van der Waals surface area contributed by atoms with E-state index in [-0.39, 0.29) is 24.0 Å². The number of hydrogen-bond acceptors (Lipinski definition) is 6. The van der Waals surface area contributed by atoms with Crippen LogP contribution in [0.3, 0.4) is 0 Å². The van der Waals surface area contributed by atoms with E-state index in [1.165, 1.54) is 17.5 Å². The van der Waals surface area contributed by atoms with Crippen molar-refractivity contribution in [2.24, 2.45) is 24.8 Å². The lowest BCUT2D eigenvalue weighted by Gasteiger charge is -2.41. The van der Waals surface area contributed by atoms with Gasteiger partial charge in [-0.3, -0.25) is 14.4 Å². The van der Waals surface area contributed by atoms with Crippen LogP contribution >= 0.6 is 0 Å². The Hall–Kier alpha value is -2.78. The number of carbonyl (C=O) groups excluding carboxylic acids is 1. The van der Waals surface area contributed by atoms with Crippen LogP contribution in [0.25, 0.3) is 10.8 Å². The molecular weight excluding hydrogens is 436 g/mol. The number of amides is 1. The first kappa shape index (κ1) is 24.3. The highest BCUT2D eigenvalue weighted by Gasteiger charge is 2.45. The zero-order chi connectivity index (χ0) is 24.4. The number of nitrogens with zero attached hydrogens (tertiary/aromatic N) is 4. The van der Waals surface area contributed by atoms with E-state index in [9.17, 15) is 9.59 Å². The van der Waals surface area contributed by atoms with E-state index in [2.05, 4.69) is 24.1 Å². The van der Waals surface area contributed by atoms with Gasteiger partial charge in [-0.25, -0.2) is 4.68 Å². The fourth-order valence-electron chi connectivity index (χ4n) is 5.43. The van der Waals surface area contributed by atoms with Gasteiger partial charge in [-0.1, -0.05) is 18.2 Å². The van der Waals surface area contributed by atoms with Gasteiger partial charge >= 0.3 is 0 Å². The van der Waals surface area contributed by atoms with E-state index in [4.69, 9.17) is 14.6 Å². The van der Waals surface area contributed by atoms with Crippen molar-refractivity contribution >= 4 is 23.2 Å². The maximum atomic E-state index is 13.5. The van der Waals surface area contributed by atoms with Gasteiger partial charge in [0.05, 0.1) is 11.5 Å². The van der Waals surface area contributed by atoms with Crippen LogP contribution in [0.1, 0.15) is 36.2 Å². The standard InChI is InChI=1S/C24H32N4O3.CH2O2/c1-26(2)20-10-16-12-28(13-17(16)11-21(20)31-14-15-8-9-15)24(30)22-18-6-4-5-7-19(18)23(29)27(3)25-22;2-1-3/h4-7,15-17,20-21H,8-14H2,1-3H3;1H,(H,2,3)/t16-,17+,20-,21-;/m1./s1. The highest BCUT2D eigenvalue weighted by atomic mass is 16.5. The second-order valence-corrected chi connectivity index (χ2v) is 9.98. The molecular formula is C25H34N4O5. The van der Waals surface area contributed by atoms with Crippen molar-refractivity contribution in [2.45, 2.75) is 37.8 Å². The van der Waals surface area contributed by atoms with E-state index in [1.807, 2.05) is 23.1 Å². The third kappa shape index (κ3) is 5.00. The first-order valence-electron chi connectivity index (χ1n) is 11.9. The molecule has 5 rings (SSSR count). The Kier molecular flexibility index (Phi) is 7.33. The Morgan fingerprint density at radius 1 is 1.18 bits per heavy atom. The molecule has 2 heterocycles. The summed E-state index contributed by atoms with van der Waals surface area (Å²) >= 11 is 0. The number of hydrogen-bond donors (Lipinski definition) is 1. The Morgan fingerprint density at radius 3 is 2.41 bits per heavy atom. The van der Waals surface area contributed by atoms with Crippen LogP contribution in [0.4, 0.5) is 0 Å². The number of aromatic nitrogens is 2. The van der Waals surface area contributed by atoms with Crippen LogP contribution in [0.2, 0.25) is 0 Å². The molecule has 184 valence electrons. The van der Waals surface area contributed by atoms with Gasteiger partial charge in [0.1, 0.15) is 0 Å². The summed E-state index contributed by atoms with van der Waals surface area (Å²) in [6.45, 7) is 2.12. The van der Waals surface area contributed by atoms with Gasteiger partial charge in [0, 0.05) is 38.2 Å².